The first-order valence-corrected chi connectivity index (χ1v) is 8.17. The standard InChI is InChI=1S/C15H25ClN4/c1-12-14(15(16)18(2)17-12)11-19-9-6-13(10-19)20-7-4-3-5-8-20/h13H,3-11H2,1-2H3. The summed E-state index contributed by atoms with van der Waals surface area (Å²) in [4.78, 5) is 5.23. The average Bonchev–Trinajstić information content (AvgIpc) is 3.01. The zero-order valence-electron chi connectivity index (χ0n) is 12.6. The summed E-state index contributed by atoms with van der Waals surface area (Å²) in [5.41, 5.74) is 2.27. The molecule has 1 aromatic heterocycles. The molecule has 1 unspecified atom stereocenters. The third kappa shape index (κ3) is 2.87. The lowest BCUT2D eigenvalue weighted by molar-refractivity contribution is 0.161. The van der Waals surface area contributed by atoms with Crippen molar-refractivity contribution in [2.45, 2.75) is 45.2 Å². The van der Waals surface area contributed by atoms with Crippen molar-refractivity contribution < 1.29 is 0 Å². The summed E-state index contributed by atoms with van der Waals surface area (Å²) >= 11 is 6.34. The largest absolute Gasteiger partial charge is 0.299 e. The molecule has 0 amide bonds. The number of hydrogen-bond donors (Lipinski definition) is 0. The molecule has 0 bridgehead atoms. The summed E-state index contributed by atoms with van der Waals surface area (Å²) < 4.78 is 1.78. The highest BCUT2D eigenvalue weighted by Crippen LogP contribution is 2.25. The normalized spacial score (nSPS) is 25.4. The van der Waals surface area contributed by atoms with Gasteiger partial charge in [0.2, 0.25) is 0 Å². The molecule has 3 rings (SSSR count). The van der Waals surface area contributed by atoms with E-state index in [0.29, 0.717) is 0 Å². The van der Waals surface area contributed by atoms with E-state index in [1.165, 1.54) is 57.4 Å². The summed E-state index contributed by atoms with van der Waals surface area (Å²) in [6.45, 7) is 7.97. The van der Waals surface area contributed by atoms with Crippen molar-refractivity contribution in [1.82, 2.24) is 19.6 Å². The molecule has 4 nitrogen and oxygen atoms in total. The van der Waals surface area contributed by atoms with Crippen molar-refractivity contribution in [3.8, 4) is 0 Å². The van der Waals surface area contributed by atoms with E-state index in [0.717, 1.165) is 23.4 Å². The second kappa shape index (κ2) is 6.04. The van der Waals surface area contributed by atoms with Crippen LogP contribution in [0.15, 0.2) is 0 Å². The number of aromatic nitrogens is 2. The molecule has 0 radical (unpaired) electrons. The lowest BCUT2D eigenvalue weighted by Crippen LogP contribution is -2.40. The quantitative estimate of drug-likeness (QED) is 0.856. The van der Waals surface area contributed by atoms with Gasteiger partial charge in [0, 0.05) is 38.3 Å². The van der Waals surface area contributed by atoms with Gasteiger partial charge in [-0.15, -0.1) is 0 Å². The molecular weight excluding hydrogens is 272 g/mol. The molecule has 2 saturated heterocycles. The van der Waals surface area contributed by atoms with Gasteiger partial charge in [0.1, 0.15) is 5.15 Å². The Labute approximate surface area is 126 Å². The number of piperidine rings is 1. The van der Waals surface area contributed by atoms with Gasteiger partial charge >= 0.3 is 0 Å². The molecule has 1 aromatic rings. The first-order valence-electron chi connectivity index (χ1n) is 7.79. The van der Waals surface area contributed by atoms with Gasteiger partial charge in [-0.05, 0) is 39.3 Å². The fraction of sp³-hybridized carbons (Fsp3) is 0.800. The molecule has 0 aliphatic carbocycles. The van der Waals surface area contributed by atoms with Crippen LogP contribution >= 0.6 is 11.6 Å². The number of rotatable bonds is 3. The van der Waals surface area contributed by atoms with E-state index in [4.69, 9.17) is 11.6 Å². The minimum atomic E-state index is 0.756. The van der Waals surface area contributed by atoms with Crippen molar-refractivity contribution >= 4 is 11.6 Å². The van der Waals surface area contributed by atoms with Crippen molar-refractivity contribution in [2.24, 2.45) is 7.05 Å². The molecule has 2 fully saturated rings. The van der Waals surface area contributed by atoms with E-state index in [1.807, 2.05) is 7.05 Å². The predicted octanol–water partition coefficient (Wildman–Crippen LogP) is 2.44. The van der Waals surface area contributed by atoms with Crippen LogP contribution in [-0.2, 0) is 13.6 Å². The fourth-order valence-corrected chi connectivity index (χ4v) is 3.85. The van der Waals surface area contributed by atoms with Gasteiger partial charge in [-0.1, -0.05) is 18.0 Å². The Morgan fingerprint density at radius 3 is 2.60 bits per heavy atom. The van der Waals surface area contributed by atoms with Crippen molar-refractivity contribution in [3.63, 3.8) is 0 Å². The van der Waals surface area contributed by atoms with Gasteiger partial charge in [-0.3, -0.25) is 14.5 Å². The number of hydrogen-bond acceptors (Lipinski definition) is 3. The van der Waals surface area contributed by atoms with Crippen LogP contribution < -0.4 is 0 Å². The number of likely N-dealkylation sites (tertiary alicyclic amines) is 2. The van der Waals surface area contributed by atoms with Crippen molar-refractivity contribution in [1.29, 1.82) is 0 Å². The summed E-state index contributed by atoms with van der Waals surface area (Å²) in [7, 11) is 1.92. The highest BCUT2D eigenvalue weighted by atomic mass is 35.5. The van der Waals surface area contributed by atoms with Gasteiger partial charge in [0.05, 0.1) is 5.69 Å². The Bertz CT molecular complexity index is 465. The van der Waals surface area contributed by atoms with Crippen molar-refractivity contribution in [3.05, 3.63) is 16.4 Å². The Kier molecular flexibility index (Phi) is 4.34. The third-order valence-corrected chi connectivity index (χ3v) is 5.28. The molecular formula is C15H25ClN4. The van der Waals surface area contributed by atoms with Gasteiger partial charge in [0.25, 0.3) is 0 Å². The number of halogens is 1. The zero-order valence-corrected chi connectivity index (χ0v) is 13.4. The highest BCUT2D eigenvalue weighted by Gasteiger charge is 2.29. The van der Waals surface area contributed by atoms with Crippen LogP contribution in [0.1, 0.15) is 36.9 Å². The van der Waals surface area contributed by atoms with Crippen LogP contribution in [0.5, 0.6) is 0 Å². The van der Waals surface area contributed by atoms with E-state index in [-0.39, 0.29) is 0 Å². The number of nitrogens with zero attached hydrogens (tertiary/aromatic N) is 4. The molecule has 2 aliphatic rings. The first-order chi connectivity index (χ1) is 9.65. The number of aryl methyl sites for hydroxylation is 2. The molecule has 2 aliphatic heterocycles. The van der Waals surface area contributed by atoms with Crippen LogP contribution in [0.2, 0.25) is 5.15 Å². The monoisotopic (exact) mass is 296 g/mol. The minimum absolute atomic E-state index is 0.756. The fourth-order valence-electron chi connectivity index (χ4n) is 3.61. The Morgan fingerprint density at radius 2 is 1.95 bits per heavy atom. The van der Waals surface area contributed by atoms with E-state index in [1.54, 1.807) is 4.68 Å². The SMILES string of the molecule is Cc1nn(C)c(Cl)c1CN1CCC(N2CCCCC2)C1. The molecule has 0 saturated carbocycles. The second-order valence-corrected chi connectivity index (χ2v) is 6.61. The van der Waals surface area contributed by atoms with Crippen LogP contribution in [0.4, 0.5) is 0 Å². The summed E-state index contributed by atoms with van der Waals surface area (Å²) in [6, 6.07) is 0.756. The van der Waals surface area contributed by atoms with Crippen LogP contribution in [0.25, 0.3) is 0 Å². The zero-order chi connectivity index (χ0) is 14.1. The maximum atomic E-state index is 6.34. The van der Waals surface area contributed by atoms with E-state index in [9.17, 15) is 0 Å². The van der Waals surface area contributed by atoms with Gasteiger partial charge in [-0.2, -0.15) is 5.10 Å². The molecule has 112 valence electrons. The lowest BCUT2D eigenvalue weighted by atomic mass is 10.1. The van der Waals surface area contributed by atoms with E-state index in [2.05, 4.69) is 21.8 Å². The van der Waals surface area contributed by atoms with Crippen molar-refractivity contribution in [2.75, 3.05) is 26.2 Å². The molecule has 0 N–H and O–H groups in total. The maximum absolute atomic E-state index is 6.34. The van der Waals surface area contributed by atoms with E-state index >= 15 is 0 Å². The molecule has 1 atom stereocenters. The Morgan fingerprint density at radius 1 is 1.20 bits per heavy atom. The van der Waals surface area contributed by atoms with Gasteiger partial charge < -0.3 is 0 Å². The molecule has 5 heteroatoms. The molecule has 3 heterocycles. The predicted molar refractivity (Wildman–Crippen MR) is 82.1 cm³/mol. The van der Waals surface area contributed by atoms with Gasteiger partial charge in [0.15, 0.2) is 0 Å². The topological polar surface area (TPSA) is 24.3 Å². The summed E-state index contributed by atoms with van der Waals surface area (Å²) in [5.74, 6) is 0. The highest BCUT2D eigenvalue weighted by molar-refractivity contribution is 6.30. The molecule has 0 spiro atoms. The minimum Gasteiger partial charge on any atom is -0.299 e. The van der Waals surface area contributed by atoms with Crippen LogP contribution in [0.3, 0.4) is 0 Å². The average molecular weight is 297 g/mol. The summed E-state index contributed by atoms with van der Waals surface area (Å²) in [5, 5.41) is 5.20. The first kappa shape index (κ1) is 14.4. The van der Waals surface area contributed by atoms with Gasteiger partial charge in [-0.25, -0.2) is 0 Å². The van der Waals surface area contributed by atoms with Crippen LogP contribution in [0, 0.1) is 6.92 Å². The third-order valence-electron chi connectivity index (χ3n) is 4.81. The summed E-state index contributed by atoms with van der Waals surface area (Å²) in [6.07, 6.45) is 5.47. The smallest absolute Gasteiger partial charge is 0.131 e. The molecule has 0 aromatic carbocycles. The molecule has 20 heavy (non-hydrogen) atoms. The Hall–Kier alpha value is -0.580. The second-order valence-electron chi connectivity index (χ2n) is 6.25. The Balaban J connectivity index is 1.60. The van der Waals surface area contributed by atoms with E-state index < -0.39 is 0 Å². The lowest BCUT2D eigenvalue weighted by Gasteiger charge is -2.32. The van der Waals surface area contributed by atoms with Crippen LogP contribution in [-0.4, -0.2) is 51.8 Å². The maximum Gasteiger partial charge on any atom is 0.131 e.